The van der Waals surface area contributed by atoms with Gasteiger partial charge in [0.05, 0.1) is 13.2 Å². The molecule has 6 nitrogen and oxygen atoms in total. The number of methoxy groups -OCH3 is 1. The molecule has 0 N–H and O–H groups in total. The van der Waals surface area contributed by atoms with E-state index in [1.165, 1.54) is 12.0 Å². The summed E-state index contributed by atoms with van der Waals surface area (Å²) in [5.41, 5.74) is 2.91. The number of amides is 1. The number of hydrogen-bond donors (Lipinski definition) is 0. The highest BCUT2D eigenvalue weighted by Crippen LogP contribution is 2.34. The number of hydrogen-bond acceptors (Lipinski definition) is 5. The second-order valence-electron chi connectivity index (χ2n) is 8.90. The van der Waals surface area contributed by atoms with Gasteiger partial charge in [0.1, 0.15) is 11.3 Å². The number of fused-ring (bicyclic) bond motifs is 1. The number of carbonyl (C=O) groups is 1. The second kappa shape index (κ2) is 9.23. The number of para-hydroxylation sites is 2. The van der Waals surface area contributed by atoms with Crippen molar-refractivity contribution in [1.29, 1.82) is 0 Å². The number of anilines is 1. The van der Waals surface area contributed by atoms with Crippen molar-refractivity contribution in [3.8, 4) is 5.75 Å². The zero-order chi connectivity index (χ0) is 21.9. The van der Waals surface area contributed by atoms with Gasteiger partial charge in [-0.1, -0.05) is 37.1 Å². The van der Waals surface area contributed by atoms with Gasteiger partial charge in [0, 0.05) is 25.6 Å². The minimum Gasteiger partial charge on any atom is -0.497 e. The molecule has 6 heteroatoms. The third kappa shape index (κ3) is 4.18. The maximum atomic E-state index is 13.6. The fraction of sp³-hybridized carbons (Fsp3) is 0.462. The molecule has 2 saturated heterocycles. The number of rotatable bonds is 4. The molecule has 1 amide bonds. The van der Waals surface area contributed by atoms with E-state index in [9.17, 15) is 4.79 Å². The van der Waals surface area contributed by atoms with Crippen LogP contribution in [0.3, 0.4) is 0 Å². The van der Waals surface area contributed by atoms with E-state index in [1.54, 1.807) is 7.11 Å². The molecule has 2 fully saturated rings. The largest absolute Gasteiger partial charge is 0.497 e. The number of carbonyl (C=O) groups excluding carboxylic acids is 1. The lowest BCUT2D eigenvalue weighted by Crippen LogP contribution is -2.44. The Labute approximate surface area is 189 Å². The quantitative estimate of drug-likeness (QED) is 0.566. The first-order chi connectivity index (χ1) is 15.7. The summed E-state index contributed by atoms with van der Waals surface area (Å²) >= 11 is 0. The van der Waals surface area contributed by atoms with E-state index in [0.717, 1.165) is 68.6 Å². The summed E-state index contributed by atoms with van der Waals surface area (Å²) in [6.07, 6.45) is 6.13. The normalized spacial score (nSPS) is 20.3. The topological polar surface area (TPSA) is 58.8 Å². The van der Waals surface area contributed by atoms with Gasteiger partial charge in [0.2, 0.25) is 5.91 Å². The second-order valence-corrected chi connectivity index (χ2v) is 8.90. The van der Waals surface area contributed by atoms with Gasteiger partial charge < -0.3 is 19.0 Å². The predicted molar refractivity (Wildman–Crippen MR) is 125 cm³/mol. The Morgan fingerprint density at radius 2 is 1.75 bits per heavy atom. The molecule has 1 atom stereocenters. The van der Waals surface area contributed by atoms with Crippen LogP contribution < -0.4 is 9.64 Å². The highest BCUT2D eigenvalue weighted by molar-refractivity contribution is 5.80. The molecule has 0 spiro atoms. The Kier molecular flexibility index (Phi) is 6.02. The zero-order valence-corrected chi connectivity index (χ0v) is 18.7. The maximum Gasteiger partial charge on any atom is 0.298 e. The van der Waals surface area contributed by atoms with Gasteiger partial charge in [-0.3, -0.25) is 4.79 Å². The fourth-order valence-corrected chi connectivity index (χ4v) is 5.09. The molecule has 0 radical (unpaired) electrons. The monoisotopic (exact) mass is 433 g/mol. The molecule has 2 aliphatic rings. The van der Waals surface area contributed by atoms with Crippen molar-refractivity contribution in [2.45, 2.75) is 44.6 Å². The lowest BCUT2D eigenvalue weighted by molar-refractivity contribution is -0.138. The summed E-state index contributed by atoms with van der Waals surface area (Å²) in [6, 6.07) is 16.9. The molecule has 0 unspecified atom stereocenters. The molecule has 3 aromatic rings. The number of ether oxygens (including phenoxy) is 1. The number of piperidine rings is 1. The summed E-state index contributed by atoms with van der Waals surface area (Å²) in [5.74, 6) is 1.23. The van der Waals surface area contributed by atoms with Gasteiger partial charge in [-0.05, 0) is 55.5 Å². The smallest absolute Gasteiger partial charge is 0.298 e. The Bertz CT molecular complexity index is 1020. The van der Waals surface area contributed by atoms with Gasteiger partial charge in [0.15, 0.2) is 5.58 Å². The van der Waals surface area contributed by atoms with Crippen LogP contribution in [0.15, 0.2) is 52.9 Å². The van der Waals surface area contributed by atoms with Crippen molar-refractivity contribution in [3.05, 3.63) is 54.1 Å². The average molecular weight is 434 g/mol. The first-order valence-electron chi connectivity index (χ1n) is 11.8. The van der Waals surface area contributed by atoms with Crippen LogP contribution >= 0.6 is 0 Å². The number of benzene rings is 2. The van der Waals surface area contributed by atoms with Gasteiger partial charge in [-0.25, -0.2) is 0 Å². The van der Waals surface area contributed by atoms with Crippen LogP contribution in [0.4, 0.5) is 6.01 Å². The van der Waals surface area contributed by atoms with E-state index >= 15 is 0 Å². The minimum absolute atomic E-state index is 0.0643. The molecule has 2 aromatic carbocycles. The number of nitrogens with zero attached hydrogens (tertiary/aromatic N) is 3. The van der Waals surface area contributed by atoms with Gasteiger partial charge >= 0.3 is 0 Å². The SMILES string of the molecule is COc1ccc([C@H]2CCCCCN2C(=O)C2CCN(c3nc4ccccc4o3)CC2)cc1. The lowest BCUT2D eigenvalue weighted by atomic mass is 9.93. The molecular weight excluding hydrogens is 402 g/mol. The molecule has 0 bridgehead atoms. The third-order valence-electron chi connectivity index (χ3n) is 6.93. The molecule has 5 rings (SSSR count). The lowest BCUT2D eigenvalue weighted by Gasteiger charge is -2.37. The Morgan fingerprint density at radius 1 is 0.969 bits per heavy atom. The summed E-state index contributed by atoms with van der Waals surface area (Å²) < 4.78 is 11.3. The van der Waals surface area contributed by atoms with Crippen molar-refractivity contribution in [1.82, 2.24) is 9.88 Å². The van der Waals surface area contributed by atoms with Gasteiger partial charge in [-0.2, -0.15) is 4.98 Å². The van der Waals surface area contributed by atoms with Crippen molar-refractivity contribution < 1.29 is 13.9 Å². The highest BCUT2D eigenvalue weighted by Gasteiger charge is 2.34. The van der Waals surface area contributed by atoms with Crippen molar-refractivity contribution in [3.63, 3.8) is 0 Å². The van der Waals surface area contributed by atoms with E-state index in [0.29, 0.717) is 11.9 Å². The van der Waals surface area contributed by atoms with E-state index < -0.39 is 0 Å². The number of aromatic nitrogens is 1. The van der Waals surface area contributed by atoms with Crippen molar-refractivity contribution in [2.24, 2.45) is 5.92 Å². The molecule has 168 valence electrons. The number of likely N-dealkylation sites (tertiary alicyclic amines) is 1. The van der Waals surface area contributed by atoms with Gasteiger partial charge in [-0.15, -0.1) is 0 Å². The third-order valence-corrected chi connectivity index (χ3v) is 6.93. The highest BCUT2D eigenvalue weighted by atomic mass is 16.5. The molecule has 1 aromatic heterocycles. The van der Waals surface area contributed by atoms with Crippen LogP contribution in [0.5, 0.6) is 5.75 Å². The van der Waals surface area contributed by atoms with Crippen LogP contribution in [-0.4, -0.2) is 42.5 Å². The average Bonchev–Trinajstić information content (AvgIpc) is 3.14. The Morgan fingerprint density at radius 3 is 2.50 bits per heavy atom. The first kappa shape index (κ1) is 20.9. The van der Waals surface area contributed by atoms with Crippen LogP contribution in [0.25, 0.3) is 11.1 Å². The first-order valence-corrected chi connectivity index (χ1v) is 11.8. The molecule has 2 aliphatic heterocycles. The van der Waals surface area contributed by atoms with E-state index in [1.807, 2.05) is 36.4 Å². The summed E-state index contributed by atoms with van der Waals surface area (Å²) in [5, 5.41) is 0. The molecule has 0 aliphatic carbocycles. The van der Waals surface area contributed by atoms with Crippen LogP contribution in [0, 0.1) is 5.92 Å². The van der Waals surface area contributed by atoms with E-state index in [4.69, 9.17) is 9.15 Å². The summed E-state index contributed by atoms with van der Waals surface area (Å²) in [6.45, 7) is 2.44. The summed E-state index contributed by atoms with van der Waals surface area (Å²) in [4.78, 5) is 22.6. The zero-order valence-electron chi connectivity index (χ0n) is 18.7. The Balaban J connectivity index is 1.28. The van der Waals surface area contributed by atoms with Crippen LogP contribution in [-0.2, 0) is 4.79 Å². The fourth-order valence-electron chi connectivity index (χ4n) is 5.09. The van der Waals surface area contributed by atoms with Crippen LogP contribution in [0.1, 0.15) is 50.1 Å². The standard InChI is InChI=1S/C26H31N3O3/c1-31-21-12-10-19(11-13-21)23-8-3-2-6-16-29(23)25(30)20-14-17-28(18-15-20)26-27-22-7-4-5-9-24(22)32-26/h4-5,7,9-13,20,23H,2-3,6,8,14-18H2,1H3/t23-/m1/s1. The molecule has 0 saturated carbocycles. The number of oxazole rings is 1. The van der Waals surface area contributed by atoms with E-state index in [-0.39, 0.29) is 12.0 Å². The van der Waals surface area contributed by atoms with E-state index in [2.05, 4.69) is 26.9 Å². The van der Waals surface area contributed by atoms with Gasteiger partial charge in [0.25, 0.3) is 6.01 Å². The van der Waals surface area contributed by atoms with Crippen molar-refractivity contribution in [2.75, 3.05) is 31.6 Å². The summed E-state index contributed by atoms with van der Waals surface area (Å²) in [7, 11) is 1.68. The molecular formula is C26H31N3O3. The molecule has 32 heavy (non-hydrogen) atoms. The van der Waals surface area contributed by atoms with Crippen molar-refractivity contribution >= 4 is 23.0 Å². The maximum absolute atomic E-state index is 13.6. The Hall–Kier alpha value is -3.02. The molecule has 3 heterocycles. The minimum atomic E-state index is 0.0643. The predicted octanol–water partition coefficient (Wildman–Crippen LogP) is 5.20. The van der Waals surface area contributed by atoms with Crippen LogP contribution in [0.2, 0.25) is 0 Å².